The van der Waals surface area contributed by atoms with Crippen LogP contribution in [0.5, 0.6) is 0 Å². The number of hydrogen-bond donors (Lipinski definition) is 2. The first kappa shape index (κ1) is 13.2. The molecule has 2 N–H and O–H groups in total. The molecule has 0 aliphatic rings. The van der Waals surface area contributed by atoms with Gasteiger partial charge in [-0.15, -0.1) is 0 Å². The minimum Gasteiger partial charge on any atom is -0.444 e. The lowest BCUT2D eigenvalue weighted by Crippen LogP contribution is -2.33. The van der Waals surface area contributed by atoms with Crippen LogP contribution < -0.4 is 11.0 Å². The molecule has 6 nitrogen and oxygen atoms in total. The third-order valence-electron chi connectivity index (χ3n) is 1.80. The number of carbonyl (C=O) groups is 1. The van der Waals surface area contributed by atoms with Crippen LogP contribution in [0, 0.1) is 0 Å². The van der Waals surface area contributed by atoms with Gasteiger partial charge in [0.25, 0.3) is 0 Å². The molecule has 0 atom stereocenters. The Hall–Kier alpha value is -1.85. The Kier molecular flexibility index (Phi) is 4.25. The molecule has 0 saturated heterocycles. The lowest BCUT2D eigenvalue weighted by molar-refractivity contribution is 0.0528. The Bertz CT molecular complexity index is 434. The predicted molar refractivity (Wildman–Crippen MR) is 62.8 cm³/mol. The number of nitrogens with zero attached hydrogens (tertiary/aromatic N) is 1. The maximum atomic E-state index is 11.3. The van der Waals surface area contributed by atoms with Crippen molar-refractivity contribution in [3.63, 3.8) is 0 Å². The summed E-state index contributed by atoms with van der Waals surface area (Å²) in [5.41, 5.74) is -0.171. The van der Waals surface area contributed by atoms with Gasteiger partial charge in [0.05, 0.1) is 0 Å². The second-order valence-corrected chi connectivity index (χ2v) is 4.58. The van der Waals surface area contributed by atoms with E-state index in [1.807, 2.05) is 0 Å². The van der Waals surface area contributed by atoms with E-state index in [1.54, 1.807) is 26.8 Å². The minimum absolute atomic E-state index is 0.389. The van der Waals surface area contributed by atoms with Gasteiger partial charge in [-0.2, -0.15) is 0 Å². The van der Waals surface area contributed by atoms with E-state index in [0.717, 1.165) is 5.69 Å². The monoisotopic (exact) mass is 239 g/mol. The molecule has 1 amide bonds. The number of rotatable bonds is 3. The van der Waals surface area contributed by atoms with Crippen LogP contribution in [0.1, 0.15) is 26.5 Å². The van der Waals surface area contributed by atoms with E-state index in [4.69, 9.17) is 4.74 Å². The molecule has 1 heterocycles. The van der Waals surface area contributed by atoms with E-state index in [2.05, 4.69) is 15.3 Å². The van der Waals surface area contributed by atoms with Gasteiger partial charge in [-0.1, -0.05) is 0 Å². The summed E-state index contributed by atoms with van der Waals surface area (Å²) in [4.78, 5) is 28.3. The van der Waals surface area contributed by atoms with Crippen molar-refractivity contribution in [3.05, 3.63) is 28.4 Å². The van der Waals surface area contributed by atoms with Crippen molar-refractivity contribution in [3.8, 4) is 0 Å². The number of alkyl carbamates (subject to hydrolysis) is 1. The van der Waals surface area contributed by atoms with E-state index in [9.17, 15) is 9.59 Å². The van der Waals surface area contributed by atoms with Crippen LogP contribution in [0.15, 0.2) is 17.1 Å². The van der Waals surface area contributed by atoms with Crippen molar-refractivity contribution in [1.82, 2.24) is 15.3 Å². The second kappa shape index (κ2) is 5.47. The smallest absolute Gasteiger partial charge is 0.407 e. The summed E-state index contributed by atoms with van der Waals surface area (Å²) in [6.45, 7) is 5.79. The van der Waals surface area contributed by atoms with Crippen LogP contribution in [-0.4, -0.2) is 28.2 Å². The van der Waals surface area contributed by atoms with Gasteiger partial charge in [0.15, 0.2) is 0 Å². The third kappa shape index (κ3) is 5.70. The number of nitrogens with one attached hydrogen (secondary N) is 2. The minimum atomic E-state index is -0.505. The molecule has 0 spiro atoms. The summed E-state index contributed by atoms with van der Waals surface area (Å²) in [7, 11) is 0. The van der Waals surface area contributed by atoms with Crippen LogP contribution in [0.2, 0.25) is 0 Å². The van der Waals surface area contributed by atoms with E-state index < -0.39 is 11.7 Å². The van der Waals surface area contributed by atoms with Gasteiger partial charge < -0.3 is 15.0 Å². The number of aromatic nitrogens is 2. The van der Waals surface area contributed by atoms with Crippen LogP contribution >= 0.6 is 0 Å². The molecule has 0 aromatic carbocycles. The van der Waals surface area contributed by atoms with Crippen LogP contribution in [0.4, 0.5) is 4.79 Å². The first-order chi connectivity index (χ1) is 7.87. The number of ether oxygens (including phenoxy) is 1. The number of hydrogen-bond acceptors (Lipinski definition) is 4. The fourth-order valence-electron chi connectivity index (χ4n) is 1.17. The van der Waals surface area contributed by atoms with Crippen molar-refractivity contribution >= 4 is 6.09 Å². The van der Waals surface area contributed by atoms with Gasteiger partial charge in [-0.25, -0.2) is 14.6 Å². The summed E-state index contributed by atoms with van der Waals surface area (Å²) in [6, 6.07) is 1.69. The maximum absolute atomic E-state index is 11.3. The number of H-pyrrole nitrogens is 1. The zero-order valence-corrected chi connectivity index (χ0v) is 10.2. The van der Waals surface area contributed by atoms with Gasteiger partial charge in [0.2, 0.25) is 0 Å². The lowest BCUT2D eigenvalue weighted by Gasteiger charge is -2.19. The highest BCUT2D eigenvalue weighted by atomic mass is 16.6. The average Bonchev–Trinajstić information content (AvgIpc) is 2.14. The van der Waals surface area contributed by atoms with Crippen LogP contribution in [0.3, 0.4) is 0 Å². The Morgan fingerprint density at radius 3 is 2.82 bits per heavy atom. The van der Waals surface area contributed by atoms with Crippen molar-refractivity contribution in [2.75, 3.05) is 6.54 Å². The van der Waals surface area contributed by atoms with E-state index in [-0.39, 0.29) is 5.69 Å². The summed E-state index contributed by atoms with van der Waals surface area (Å²) >= 11 is 0. The maximum Gasteiger partial charge on any atom is 0.407 e. The number of aromatic amines is 1. The van der Waals surface area contributed by atoms with Gasteiger partial charge >= 0.3 is 11.8 Å². The van der Waals surface area contributed by atoms with Gasteiger partial charge in [-0.05, 0) is 26.8 Å². The van der Waals surface area contributed by atoms with E-state index in [1.165, 1.54) is 6.20 Å². The number of carbonyl (C=O) groups excluding carboxylic acids is 1. The molecule has 0 bridgehead atoms. The second-order valence-electron chi connectivity index (χ2n) is 4.58. The van der Waals surface area contributed by atoms with Crippen molar-refractivity contribution in [1.29, 1.82) is 0 Å². The molecule has 0 radical (unpaired) electrons. The molecule has 1 aromatic rings. The zero-order chi connectivity index (χ0) is 12.9. The highest BCUT2D eigenvalue weighted by molar-refractivity contribution is 5.67. The Labute approximate surface area is 99.4 Å². The Morgan fingerprint density at radius 2 is 2.24 bits per heavy atom. The molecule has 1 rings (SSSR count). The van der Waals surface area contributed by atoms with Gasteiger partial charge in [0.1, 0.15) is 5.60 Å². The molecule has 0 unspecified atom stereocenters. The number of amides is 1. The molecule has 0 saturated carbocycles. The Balaban J connectivity index is 2.33. The molecule has 0 fully saturated rings. The highest BCUT2D eigenvalue weighted by Gasteiger charge is 2.15. The molecular formula is C11H17N3O3. The predicted octanol–water partition coefficient (Wildman–Crippen LogP) is 0.837. The van der Waals surface area contributed by atoms with Crippen LogP contribution in [0.25, 0.3) is 0 Å². The van der Waals surface area contributed by atoms with E-state index in [0.29, 0.717) is 13.0 Å². The molecule has 1 aromatic heterocycles. The Morgan fingerprint density at radius 1 is 1.53 bits per heavy atom. The zero-order valence-electron chi connectivity index (χ0n) is 10.2. The summed E-state index contributed by atoms with van der Waals surface area (Å²) < 4.78 is 5.07. The van der Waals surface area contributed by atoms with Gasteiger partial charge in [-0.3, -0.25) is 0 Å². The summed E-state index contributed by atoms with van der Waals surface area (Å²) in [6.07, 6.45) is 1.49. The highest BCUT2D eigenvalue weighted by Crippen LogP contribution is 2.06. The molecule has 17 heavy (non-hydrogen) atoms. The summed E-state index contributed by atoms with van der Waals surface area (Å²) in [5.74, 6) is 0. The average molecular weight is 239 g/mol. The summed E-state index contributed by atoms with van der Waals surface area (Å²) in [5, 5.41) is 2.60. The topological polar surface area (TPSA) is 84.1 Å². The quantitative estimate of drug-likeness (QED) is 0.818. The van der Waals surface area contributed by atoms with Gasteiger partial charge in [0, 0.05) is 24.9 Å². The fourth-order valence-corrected chi connectivity index (χ4v) is 1.17. The molecule has 0 aliphatic heterocycles. The first-order valence-corrected chi connectivity index (χ1v) is 5.38. The lowest BCUT2D eigenvalue weighted by atomic mass is 10.2. The van der Waals surface area contributed by atoms with Crippen molar-refractivity contribution < 1.29 is 9.53 Å². The van der Waals surface area contributed by atoms with Crippen LogP contribution in [-0.2, 0) is 11.2 Å². The largest absolute Gasteiger partial charge is 0.444 e. The fraction of sp³-hybridized carbons (Fsp3) is 0.545. The molecule has 0 aliphatic carbocycles. The molecule has 6 heteroatoms. The normalized spacial score (nSPS) is 11.0. The third-order valence-corrected chi connectivity index (χ3v) is 1.80. The molecule has 94 valence electrons. The standard InChI is InChI=1S/C11H17N3O3/c1-11(2,3)17-10(16)13-7-5-8-4-6-12-9(15)14-8/h4,6H,5,7H2,1-3H3,(H,13,16)(H,12,14,15). The van der Waals surface area contributed by atoms with Crippen molar-refractivity contribution in [2.24, 2.45) is 0 Å². The molecular weight excluding hydrogens is 222 g/mol. The SMILES string of the molecule is CC(C)(C)OC(=O)NCCc1ccnc(=O)[nH]1. The first-order valence-electron chi connectivity index (χ1n) is 5.38. The van der Waals surface area contributed by atoms with E-state index >= 15 is 0 Å². The van der Waals surface area contributed by atoms with Crippen molar-refractivity contribution in [2.45, 2.75) is 32.8 Å².